The number of anilines is 1. The van der Waals surface area contributed by atoms with Crippen LogP contribution < -0.4 is 10.1 Å². The zero-order valence-corrected chi connectivity index (χ0v) is 19.4. The van der Waals surface area contributed by atoms with E-state index in [1.165, 1.54) is 18.2 Å². The molecule has 0 aliphatic carbocycles. The van der Waals surface area contributed by atoms with Crippen molar-refractivity contribution in [3.63, 3.8) is 0 Å². The van der Waals surface area contributed by atoms with Gasteiger partial charge in [0.25, 0.3) is 11.6 Å². The molecule has 0 saturated carbocycles. The Balaban J connectivity index is 1.53. The topological polar surface area (TPSA) is 117 Å². The second-order valence-corrected chi connectivity index (χ2v) is 8.18. The molecule has 2 aromatic heterocycles. The van der Waals surface area contributed by atoms with E-state index in [2.05, 4.69) is 15.5 Å². The van der Waals surface area contributed by atoms with E-state index >= 15 is 0 Å². The number of rotatable bonds is 7. The van der Waals surface area contributed by atoms with Crippen LogP contribution in [0.1, 0.15) is 27.4 Å². The highest BCUT2D eigenvalue weighted by Gasteiger charge is 2.16. The molecule has 0 spiro atoms. The van der Waals surface area contributed by atoms with E-state index in [4.69, 9.17) is 16.3 Å². The Kier molecular flexibility index (Phi) is 6.33. The van der Waals surface area contributed by atoms with Crippen LogP contribution in [-0.2, 0) is 6.67 Å². The van der Waals surface area contributed by atoms with Gasteiger partial charge in [-0.05, 0) is 56.7 Å². The Bertz CT molecular complexity index is 1390. The number of amides is 1. The normalized spacial score (nSPS) is 10.8. The Morgan fingerprint density at radius 3 is 2.59 bits per heavy atom. The number of carbonyl (C=O) groups excluding carboxylic acids is 1. The fourth-order valence-electron chi connectivity index (χ4n) is 3.39. The van der Waals surface area contributed by atoms with Crippen molar-refractivity contribution in [3.05, 3.63) is 92.5 Å². The molecular formula is C23H21ClN6O4. The number of benzene rings is 2. The molecule has 10 nitrogen and oxygen atoms in total. The number of nitrogens with zero attached hydrogens (tertiary/aromatic N) is 5. The van der Waals surface area contributed by atoms with Crippen molar-refractivity contribution in [1.82, 2.24) is 19.6 Å². The summed E-state index contributed by atoms with van der Waals surface area (Å²) >= 11 is 5.98. The van der Waals surface area contributed by atoms with Crippen molar-refractivity contribution in [1.29, 1.82) is 0 Å². The standard InChI is InChI=1S/C23H21ClN6O4/c1-14-8-17(24)4-5-22(14)34-20-11-18(10-19(12-20)30(32)33)25-23(31)21-6-7-28(27-21)13-29-16(3)9-15(2)26-29/h4-12H,13H2,1-3H3,(H,25,31). The summed E-state index contributed by atoms with van der Waals surface area (Å²) in [6.45, 7) is 5.99. The smallest absolute Gasteiger partial charge is 0.276 e. The Morgan fingerprint density at radius 2 is 1.91 bits per heavy atom. The number of halogens is 1. The molecule has 0 unspecified atom stereocenters. The summed E-state index contributed by atoms with van der Waals surface area (Å²) in [4.78, 5) is 23.6. The molecule has 0 radical (unpaired) electrons. The van der Waals surface area contributed by atoms with Crippen molar-refractivity contribution in [2.45, 2.75) is 27.4 Å². The lowest BCUT2D eigenvalue weighted by atomic mass is 10.2. The largest absolute Gasteiger partial charge is 0.457 e. The Labute approximate surface area is 199 Å². The minimum atomic E-state index is -0.555. The molecular weight excluding hydrogens is 460 g/mol. The summed E-state index contributed by atoms with van der Waals surface area (Å²) in [5.74, 6) is 0.177. The van der Waals surface area contributed by atoms with Crippen molar-refractivity contribution in [3.8, 4) is 11.5 Å². The molecule has 4 rings (SSSR count). The summed E-state index contributed by atoms with van der Waals surface area (Å²) in [7, 11) is 0. The maximum Gasteiger partial charge on any atom is 0.276 e. The molecule has 34 heavy (non-hydrogen) atoms. The van der Waals surface area contributed by atoms with Gasteiger partial charge in [-0.2, -0.15) is 10.2 Å². The van der Waals surface area contributed by atoms with Crippen LogP contribution in [0.25, 0.3) is 0 Å². The van der Waals surface area contributed by atoms with Gasteiger partial charge < -0.3 is 10.1 Å². The van der Waals surface area contributed by atoms with Crippen LogP contribution in [0, 0.1) is 30.9 Å². The molecule has 0 atom stereocenters. The lowest BCUT2D eigenvalue weighted by Crippen LogP contribution is -2.15. The highest BCUT2D eigenvalue weighted by Crippen LogP contribution is 2.32. The number of carbonyl (C=O) groups is 1. The number of nitro benzene ring substituents is 1. The van der Waals surface area contributed by atoms with E-state index in [0.717, 1.165) is 17.0 Å². The monoisotopic (exact) mass is 480 g/mol. The molecule has 0 bridgehead atoms. The third-order valence-corrected chi connectivity index (χ3v) is 5.22. The second kappa shape index (κ2) is 9.36. The van der Waals surface area contributed by atoms with Crippen LogP contribution in [0.4, 0.5) is 11.4 Å². The van der Waals surface area contributed by atoms with Crippen molar-refractivity contribution >= 4 is 28.9 Å². The molecule has 0 saturated heterocycles. The van der Waals surface area contributed by atoms with Gasteiger partial charge in [0.1, 0.15) is 18.2 Å². The maximum absolute atomic E-state index is 12.8. The summed E-state index contributed by atoms with van der Waals surface area (Å²) in [5.41, 5.74) is 2.75. The number of ether oxygens (including phenoxy) is 1. The van der Waals surface area contributed by atoms with Crippen molar-refractivity contribution in [2.24, 2.45) is 0 Å². The van der Waals surface area contributed by atoms with Gasteiger partial charge >= 0.3 is 0 Å². The molecule has 1 amide bonds. The number of non-ortho nitro benzene ring substituents is 1. The lowest BCUT2D eigenvalue weighted by Gasteiger charge is -2.11. The van der Waals surface area contributed by atoms with Crippen LogP contribution in [0.2, 0.25) is 5.02 Å². The molecule has 0 aliphatic rings. The van der Waals surface area contributed by atoms with Gasteiger partial charge in [0.05, 0.1) is 22.4 Å². The first-order valence-electron chi connectivity index (χ1n) is 10.3. The SMILES string of the molecule is Cc1cc(C)n(Cn2ccc(C(=O)Nc3cc(Oc4ccc(Cl)cc4C)cc([N+](=O)[O-])c3)n2)n1. The number of aromatic nitrogens is 4. The average Bonchev–Trinajstić information content (AvgIpc) is 3.36. The summed E-state index contributed by atoms with van der Waals surface area (Å²) < 4.78 is 9.18. The van der Waals surface area contributed by atoms with Crippen molar-refractivity contribution < 1.29 is 14.5 Å². The van der Waals surface area contributed by atoms with Gasteiger partial charge in [-0.15, -0.1) is 0 Å². The summed E-state index contributed by atoms with van der Waals surface area (Å²) in [6, 6.07) is 12.6. The number of aryl methyl sites for hydroxylation is 3. The zero-order chi connectivity index (χ0) is 24.4. The molecule has 2 heterocycles. The van der Waals surface area contributed by atoms with Crippen LogP contribution in [0.5, 0.6) is 11.5 Å². The highest BCUT2D eigenvalue weighted by atomic mass is 35.5. The molecule has 1 N–H and O–H groups in total. The van der Waals surface area contributed by atoms with E-state index in [1.54, 1.807) is 39.8 Å². The van der Waals surface area contributed by atoms with Gasteiger partial charge in [0, 0.05) is 29.0 Å². The number of nitro groups is 1. The highest BCUT2D eigenvalue weighted by molar-refractivity contribution is 6.30. The van der Waals surface area contributed by atoms with E-state index < -0.39 is 10.8 Å². The quantitative estimate of drug-likeness (QED) is 0.290. The number of hydrogen-bond donors (Lipinski definition) is 1. The lowest BCUT2D eigenvalue weighted by molar-refractivity contribution is -0.384. The van der Waals surface area contributed by atoms with Gasteiger partial charge in [-0.3, -0.25) is 19.6 Å². The fraction of sp³-hybridized carbons (Fsp3) is 0.174. The predicted octanol–water partition coefficient (Wildman–Crippen LogP) is 5.12. The molecule has 11 heteroatoms. The number of hydrogen-bond acceptors (Lipinski definition) is 6. The predicted molar refractivity (Wildman–Crippen MR) is 127 cm³/mol. The van der Waals surface area contributed by atoms with Gasteiger partial charge in [0.2, 0.25) is 0 Å². The molecule has 4 aromatic rings. The first kappa shape index (κ1) is 23.0. The van der Waals surface area contributed by atoms with Gasteiger partial charge in [-0.25, -0.2) is 4.68 Å². The Morgan fingerprint density at radius 1 is 1.12 bits per heavy atom. The molecule has 2 aromatic carbocycles. The van der Waals surface area contributed by atoms with E-state index in [0.29, 0.717) is 17.4 Å². The first-order chi connectivity index (χ1) is 16.2. The molecule has 174 valence electrons. The Hall–Kier alpha value is -4.18. The van der Waals surface area contributed by atoms with E-state index in [1.807, 2.05) is 26.8 Å². The van der Waals surface area contributed by atoms with Crippen LogP contribution in [-0.4, -0.2) is 30.4 Å². The summed E-state index contributed by atoms with van der Waals surface area (Å²) in [6.07, 6.45) is 1.66. The minimum absolute atomic E-state index is 0.157. The van der Waals surface area contributed by atoms with E-state index in [-0.39, 0.29) is 22.8 Å². The molecule has 0 aliphatic heterocycles. The maximum atomic E-state index is 12.8. The van der Waals surface area contributed by atoms with E-state index in [9.17, 15) is 14.9 Å². The molecule has 0 fully saturated rings. The third kappa shape index (κ3) is 5.24. The van der Waals surface area contributed by atoms with Crippen LogP contribution in [0.15, 0.2) is 54.7 Å². The minimum Gasteiger partial charge on any atom is -0.457 e. The third-order valence-electron chi connectivity index (χ3n) is 4.98. The summed E-state index contributed by atoms with van der Waals surface area (Å²) in [5, 5.41) is 23.3. The zero-order valence-electron chi connectivity index (χ0n) is 18.7. The fourth-order valence-corrected chi connectivity index (χ4v) is 3.61. The average molecular weight is 481 g/mol. The second-order valence-electron chi connectivity index (χ2n) is 7.75. The van der Waals surface area contributed by atoms with Crippen molar-refractivity contribution in [2.75, 3.05) is 5.32 Å². The van der Waals surface area contributed by atoms with Gasteiger partial charge in [-0.1, -0.05) is 11.6 Å². The first-order valence-corrected chi connectivity index (χ1v) is 10.6. The van der Waals surface area contributed by atoms with Crippen LogP contribution >= 0.6 is 11.6 Å². The number of nitrogens with one attached hydrogen (secondary N) is 1. The van der Waals surface area contributed by atoms with Gasteiger partial charge in [0.15, 0.2) is 5.69 Å². The van der Waals surface area contributed by atoms with Crippen LogP contribution in [0.3, 0.4) is 0 Å².